The molecule has 0 unspecified atom stereocenters. The Kier molecular flexibility index (Phi) is 5.36. The second kappa shape index (κ2) is 7.45. The highest BCUT2D eigenvalue weighted by molar-refractivity contribution is 6.05. The third-order valence-electron chi connectivity index (χ3n) is 3.15. The van der Waals surface area contributed by atoms with Crippen LogP contribution in [0.5, 0.6) is 0 Å². The van der Waals surface area contributed by atoms with Crippen LogP contribution in [0.25, 0.3) is 0 Å². The van der Waals surface area contributed by atoms with Gasteiger partial charge in [0.25, 0.3) is 5.91 Å². The average Bonchev–Trinajstić information content (AvgIpc) is 2.50. The van der Waals surface area contributed by atoms with Gasteiger partial charge < -0.3 is 20.5 Å². The zero-order valence-electron chi connectivity index (χ0n) is 13.8. The van der Waals surface area contributed by atoms with E-state index in [1.54, 1.807) is 43.6 Å². The zero-order chi connectivity index (χ0) is 17.7. The summed E-state index contributed by atoms with van der Waals surface area (Å²) in [7, 11) is 1.61. The van der Waals surface area contributed by atoms with Crippen LogP contribution in [0.3, 0.4) is 0 Å². The molecule has 2 rings (SSSR count). The molecule has 1 aromatic heterocycles. The molecule has 0 spiro atoms. The number of nitrogens with zero attached hydrogens (tertiary/aromatic N) is 1. The van der Waals surface area contributed by atoms with Crippen LogP contribution in [-0.4, -0.2) is 22.5 Å². The number of amides is 3. The number of benzene rings is 1. The normalized spacial score (nSPS) is 10.3. The molecule has 1 heterocycles. The van der Waals surface area contributed by atoms with Gasteiger partial charge in [0.05, 0.1) is 5.69 Å². The minimum atomic E-state index is -0.333. The predicted octanol–water partition coefficient (Wildman–Crippen LogP) is 2.17. The van der Waals surface area contributed by atoms with Crippen molar-refractivity contribution in [3.63, 3.8) is 0 Å². The maximum absolute atomic E-state index is 12.3. The Morgan fingerprint density at radius 3 is 2.46 bits per heavy atom. The number of rotatable bonds is 4. The molecule has 7 nitrogen and oxygen atoms in total. The summed E-state index contributed by atoms with van der Waals surface area (Å²) in [6, 6.07) is 9.20. The molecular weight excluding hydrogens is 308 g/mol. The maximum Gasteiger partial charge on any atom is 0.319 e. The molecular formula is C17H20N4O3. The van der Waals surface area contributed by atoms with Gasteiger partial charge in [0.1, 0.15) is 0 Å². The van der Waals surface area contributed by atoms with Crippen molar-refractivity contribution in [3.8, 4) is 0 Å². The van der Waals surface area contributed by atoms with Crippen LogP contribution < -0.4 is 21.5 Å². The van der Waals surface area contributed by atoms with Gasteiger partial charge in [-0.05, 0) is 38.1 Å². The predicted molar refractivity (Wildman–Crippen MR) is 93.4 cm³/mol. The number of aryl methyl sites for hydroxylation is 1. The first kappa shape index (κ1) is 17.3. The molecule has 0 saturated carbocycles. The summed E-state index contributed by atoms with van der Waals surface area (Å²) in [6.07, 6.45) is 1.54. The van der Waals surface area contributed by atoms with Crippen LogP contribution in [0.15, 0.2) is 47.4 Å². The lowest BCUT2D eigenvalue weighted by Gasteiger charge is -2.11. The van der Waals surface area contributed by atoms with Crippen LogP contribution in [0.1, 0.15) is 24.2 Å². The molecule has 0 saturated heterocycles. The average molecular weight is 328 g/mol. The first-order chi connectivity index (χ1) is 11.3. The van der Waals surface area contributed by atoms with Crippen molar-refractivity contribution >= 4 is 23.3 Å². The SMILES string of the molecule is CC(C)NC(=O)Nc1cccc(C(=O)Nc2ccc(=O)n(C)c2)c1. The van der Waals surface area contributed by atoms with Crippen LogP contribution in [0.4, 0.5) is 16.2 Å². The van der Waals surface area contributed by atoms with E-state index in [2.05, 4.69) is 16.0 Å². The van der Waals surface area contributed by atoms with E-state index in [1.807, 2.05) is 13.8 Å². The van der Waals surface area contributed by atoms with Crippen molar-refractivity contribution < 1.29 is 9.59 Å². The lowest BCUT2D eigenvalue weighted by atomic mass is 10.2. The smallest absolute Gasteiger partial charge is 0.319 e. The molecule has 0 bridgehead atoms. The highest BCUT2D eigenvalue weighted by Gasteiger charge is 2.09. The Labute approximate surface area is 139 Å². The highest BCUT2D eigenvalue weighted by atomic mass is 16.2. The number of hydrogen-bond acceptors (Lipinski definition) is 3. The molecule has 0 aliphatic heterocycles. The minimum Gasteiger partial charge on any atom is -0.336 e. The van der Waals surface area contributed by atoms with Crippen molar-refractivity contribution in [2.75, 3.05) is 10.6 Å². The quantitative estimate of drug-likeness (QED) is 0.803. The van der Waals surface area contributed by atoms with E-state index in [0.29, 0.717) is 16.9 Å². The lowest BCUT2D eigenvalue weighted by Crippen LogP contribution is -2.34. The first-order valence-electron chi connectivity index (χ1n) is 7.51. The van der Waals surface area contributed by atoms with E-state index in [9.17, 15) is 14.4 Å². The lowest BCUT2D eigenvalue weighted by molar-refractivity contribution is 0.102. The molecule has 0 aliphatic rings. The van der Waals surface area contributed by atoms with Crippen LogP contribution in [0, 0.1) is 0 Å². The van der Waals surface area contributed by atoms with Gasteiger partial charge in [-0.15, -0.1) is 0 Å². The van der Waals surface area contributed by atoms with Gasteiger partial charge in [-0.1, -0.05) is 6.07 Å². The largest absolute Gasteiger partial charge is 0.336 e. The van der Waals surface area contributed by atoms with Crippen LogP contribution in [-0.2, 0) is 7.05 Å². The fourth-order valence-electron chi connectivity index (χ4n) is 2.04. The molecule has 1 aromatic carbocycles. The minimum absolute atomic E-state index is 0.0150. The second-order valence-corrected chi connectivity index (χ2v) is 5.66. The topological polar surface area (TPSA) is 92.2 Å². The highest BCUT2D eigenvalue weighted by Crippen LogP contribution is 2.13. The van der Waals surface area contributed by atoms with Crippen molar-refractivity contribution in [1.82, 2.24) is 9.88 Å². The van der Waals surface area contributed by atoms with Gasteiger partial charge >= 0.3 is 6.03 Å². The summed E-state index contributed by atoms with van der Waals surface area (Å²) in [5.74, 6) is -0.332. The van der Waals surface area contributed by atoms with Crippen molar-refractivity contribution in [2.24, 2.45) is 7.05 Å². The molecule has 0 radical (unpaired) electrons. The molecule has 3 N–H and O–H groups in total. The molecule has 0 aliphatic carbocycles. The van der Waals surface area contributed by atoms with E-state index in [-0.39, 0.29) is 23.5 Å². The Morgan fingerprint density at radius 2 is 1.79 bits per heavy atom. The number of pyridine rings is 1. The number of nitrogens with one attached hydrogen (secondary N) is 3. The summed E-state index contributed by atoms with van der Waals surface area (Å²) in [5.41, 5.74) is 1.26. The van der Waals surface area contributed by atoms with Gasteiger partial charge in [0, 0.05) is 36.6 Å². The number of aromatic nitrogens is 1. The Hall–Kier alpha value is -3.09. The Morgan fingerprint density at radius 1 is 1.04 bits per heavy atom. The molecule has 3 amide bonds. The molecule has 2 aromatic rings. The van der Waals surface area contributed by atoms with E-state index in [0.717, 1.165) is 0 Å². The van der Waals surface area contributed by atoms with Crippen molar-refractivity contribution in [1.29, 1.82) is 0 Å². The molecule has 126 valence electrons. The summed E-state index contributed by atoms with van der Waals surface area (Å²) < 4.78 is 1.38. The van der Waals surface area contributed by atoms with E-state index >= 15 is 0 Å². The first-order valence-corrected chi connectivity index (χ1v) is 7.51. The summed E-state index contributed by atoms with van der Waals surface area (Å²) in [4.78, 5) is 35.4. The van der Waals surface area contributed by atoms with Crippen LogP contribution >= 0.6 is 0 Å². The van der Waals surface area contributed by atoms with E-state index < -0.39 is 0 Å². The molecule has 24 heavy (non-hydrogen) atoms. The van der Waals surface area contributed by atoms with E-state index in [1.165, 1.54) is 10.6 Å². The standard InChI is InChI=1S/C17H20N4O3/c1-11(2)18-17(24)20-13-6-4-5-12(9-13)16(23)19-14-7-8-15(22)21(3)10-14/h4-11H,1-3H3,(H,19,23)(H2,18,20,24). The van der Waals surface area contributed by atoms with E-state index in [4.69, 9.17) is 0 Å². The third kappa shape index (κ3) is 4.70. The Balaban J connectivity index is 2.09. The van der Waals surface area contributed by atoms with Gasteiger partial charge in [0.15, 0.2) is 0 Å². The monoisotopic (exact) mass is 328 g/mol. The third-order valence-corrected chi connectivity index (χ3v) is 3.15. The van der Waals surface area contributed by atoms with Gasteiger partial charge in [-0.3, -0.25) is 9.59 Å². The number of anilines is 2. The second-order valence-electron chi connectivity index (χ2n) is 5.66. The van der Waals surface area contributed by atoms with Crippen molar-refractivity contribution in [2.45, 2.75) is 19.9 Å². The number of carbonyl (C=O) groups excluding carboxylic acids is 2. The summed E-state index contributed by atoms with van der Waals surface area (Å²) >= 11 is 0. The molecule has 0 fully saturated rings. The fraction of sp³-hybridized carbons (Fsp3) is 0.235. The van der Waals surface area contributed by atoms with Crippen molar-refractivity contribution in [3.05, 3.63) is 58.5 Å². The van der Waals surface area contributed by atoms with Gasteiger partial charge in [-0.2, -0.15) is 0 Å². The molecule has 7 heteroatoms. The number of carbonyl (C=O) groups is 2. The Bertz CT molecular complexity index is 811. The van der Waals surface area contributed by atoms with Crippen LogP contribution in [0.2, 0.25) is 0 Å². The molecule has 0 atom stereocenters. The fourth-order valence-corrected chi connectivity index (χ4v) is 2.04. The maximum atomic E-state index is 12.3. The number of hydrogen-bond donors (Lipinski definition) is 3. The van der Waals surface area contributed by atoms with Gasteiger partial charge in [-0.25, -0.2) is 4.79 Å². The number of urea groups is 1. The van der Waals surface area contributed by atoms with Gasteiger partial charge in [0.2, 0.25) is 5.56 Å². The summed E-state index contributed by atoms with van der Waals surface area (Å²) in [5, 5.41) is 8.09. The summed E-state index contributed by atoms with van der Waals surface area (Å²) in [6.45, 7) is 3.72. The zero-order valence-corrected chi connectivity index (χ0v) is 13.8.